The van der Waals surface area contributed by atoms with Crippen molar-refractivity contribution in [3.8, 4) is 5.75 Å². The Labute approximate surface area is 112 Å². The summed E-state index contributed by atoms with van der Waals surface area (Å²) in [5.74, 6) is 1.16. The summed E-state index contributed by atoms with van der Waals surface area (Å²) in [6.07, 6.45) is 1.78. The van der Waals surface area contributed by atoms with Crippen LogP contribution in [-0.2, 0) is 6.42 Å². The van der Waals surface area contributed by atoms with E-state index in [1.54, 1.807) is 12.1 Å². The van der Waals surface area contributed by atoms with Crippen molar-refractivity contribution in [2.45, 2.75) is 38.3 Å². The third-order valence-electron chi connectivity index (χ3n) is 3.60. The van der Waals surface area contributed by atoms with Crippen molar-refractivity contribution in [2.75, 3.05) is 12.4 Å². The van der Waals surface area contributed by atoms with E-state index < -0.39 is 0 Å². The summed E-state index contributed by atoms with van der Waals surface area (Å²) in [7, 11) is 0. The molecule has 1 aromatic rings. The van der Waals surface area contributed by atoms with Crippen LogP contribution in [0.3, 0.4) is 0 Å². The zero-order valence-corrected chi connectivity index (χ0v) is 11.6. The number of benzene rings is 1. The quantitative estimate of drug-likeness (QED) is 0.831. The summed E-state index contributed by atoms with van der Waals surface area (Å²) in [4.78, 5) is 0. The van der Waals surface area contributed by atoms with E-state index in [-0.39, 0.29) is 17.5 Å². The van der Waals surface area contributed by atoms with E-state index in [4.69, 9.17) is 16.3 Å². The van der Waals surface area contributed by atoms with Crippen molar-refractivity contribution in [3.63, 3.8) is 0 Å². The number of halogens is 2. The highest BCUT2D eigenvalue weighted by Gasteiger charge is 2.26. The van der Waals surface area contributed by atoms with Crippen LogP contribution in [0, 0.1) is 5.82 Å². The molecule has 1 aliphatic rings. The number of hydrogen-bond acceptors (Lipinski definition) is 2. The molecule has 1 N–H and O–H groups in total. The molecule has 0 saturated heterocycles. The van der Waals surface area contributed by atoms with Gasteiger partial charge in [0.25, 0.3) is 0 Å². The molecule has 2 atom stereocenters. The number of hydrogen-bond donors (Lipinski definition) is 1. The van der Waals surface area contributed by atoms with E-state index in [0.717, 1.165) is 30.7 Å². The molecule has 0 aliphatic carbocycles. The van der Waals surface area contributed by atoms with Crippen LogP contribution in [0.25, 0.3) is 0 Å². The normalized spacial score (nSPS) is 21.2. The molecule has 1 aromatic carbocycles. The predicted molar refractivity (Wildman–Crippen MR) is 71.9 cm³/mol. The molecule has 0 bridgehead atoms. The number of ether oxygens (including phenoxy) is 1. The monoisotopic (exact) mass is 271 g/mol. The lowest BCUT2D eigenvalue weighted by Crippen LogP contribution is -2.47. The average Bonchev–Trinajstić information content (AvgIpc) is 2.78. The van der Waals surface area contributed by atoms with E-state index in [1.165, 1.54) is 6.07 Å². The van der Waals surface area contributed by atoms with Gasteiger partial charge in [-0.05, 0) is 31.5 Å². The van der Waals surface area contributed by atoms with Crippen LogP contribution >= 0.6 is 11.6 Å². The standard InChI is InChI=1S/C14H19ClFNO/c1-3-14(2,9-15)17-8-12-7-10-6-11(16)4-5-13(10)18-12/h4-6,12,17H,3,7-9H2,1-2H3. The van der Waals surface area contributed by atoms with Crippen LogP contribution in [0.2, 0.25) is 0 Å². The maximum Gasteiger partial charge on any atom is 0.123 e. The Morgan fingerprint density at radius 3 is 3.00 bits per heavy atom. The average molecular weight is 272 g/mol. The molecule has 4 heteroatoms. The molecule has 0 saturated carbocycles. The zero-order valence-electron chi connectivity index (χ0n) is 10.8. The van der Waals surface area contributed by atoms with Crippen molar-refractivity contribution >= 4 is 11.6 Å². The summed E-state index contributed by atoms with van der Waals surface area (Å²) in [5.41, 5.74) is 0.885. The Balaban J connectivity index is 1.92. The lowest BCUT2D eigenvalue weighted by molar-refractivity contribution is 0.208. The van der Waals surface area contributed by atoms with Crippen molar-refractivity contribution in [1.29, 1.82) is 0 Å². The van der Waals surface area contributed by atoms with Gasteiger partial charge in [-0.15, -0.1) is 11.6 Å². The van der Waals surface area contributed by atoms with Crippen LogP contribution in [0.1, 0.15) is 25.8 Å². The van der Waals surface area contributed by atoms with Gasteiger partial charge in [0.15, 0.2) is 0 Å². The minimum Gasteiger partial charge on any atom is -0.488 e. The first-order valence-electron chi connectivity index (χ1n) is 6.32. The van der Waals surface area contributed by atoms with Gasteiger partial charge in [-0.1, -0.05) is 6.92 Å². The highest BCUT2D eigenvalue weighted by atomic mass is 35.5. The van der Waals surface area contributed by atoms with Gasteiger partial charge < -0.3 is 10.1 Å². The molecule has 100 valence electrons. The van der Waals surface area contributed by atoms with Crippen LogP contribution in [0.4, 0.5) is 4.39 Å². The fourth-order valence-electron chi connectivity index (χ4n) is 2.03. The van der Waals surface area contributed by atoms with Crippen molar-refractivity contribution in [2.24, 2.45) is 0 Å². The van der Waals surface area contributed by atoms with E-state index in [0.29, 0.717) is 5.88 Å². The fraction of sp³-hybridized carbons (Fsp3) is 0.571. The van der Waals surface area contributed by atoms with Crippen LogP contribution in [0.5, 0.6) is 5.75 Å². The summed E-state index contributed by atoms with van der Waals surface area (Å²) < 4.78 is 18.9. The van der Waals surface area contributed by atoms with Gasteiger partial charge in [0.2, 0.25) is 0 Å². The van der Waals surface area contributed by atoms with Gasteiger partial charge >= 0.3 is 0 Å². The molecule has 0 amide bonds. The molecule has 0 spiro atoms. The van der Waals surface area contributed by atoms with Crippen molar-refractivity contribution in [1.82, 2.24) is 5.32 Å². The van der Waals surface area contributed by atoms with Gasteiger partial charge in [0.05, 0.1) is 0 Å². The molecule has 0 radical (unpaired) electrons. The predicted octanol–water partition coefficient (Wildman–Crippen LogP) is 3.13. The maximum atomic E-state index is 13.1. The Morgan fingerprint density at radius 2 is 2.33 bits per heavy atom. The topological polar surface area (TPSA) is 21.3 Å². The Hall–Kier alpha value is -0.800. The summed E-state index contributed by atoms with van der Waals surface area (Å²) in [5, 5.41) is 3.44. The summed E-state index contributed by atoms with van der Waals surface area (Å²) in [6, 6.07) is 4.69. The molecule has 0 fully saturated rings. The van der Waals surface area contributed by atoms with E-state index >= 15 is 0 Å². The Kier molecular flexibility index (Phi) is 4.13. The van der Waals surface area contributed by atoms with Crippen LogP contribution < -0.4 is 10.1 Å². The SMILES string of the molecule is CCC(C)(CCl)NCC1Cc2cc(F)ccc2O1. The van der Waals surface area contributed by atoms with Gasteiger partial charge in [0.1, 0.15) is 17.7 Å². The molecule has 0 aromatic heterocycles. The minimum atomic E-state index is -0.204. The lowest BCUT2D eigenvalue weighted by atomic mass is 10.0. The highest BCUT2D eigenvalue weighted by Crippen LogP contribution is 2.29. The maximum absolute atomic E-state index is 13.1. The molecule has 2 unspecified atom stereocenters. The minimum absolute atomic E-state index is 0.0645. The molecular weight excluding hydrogens is 253 g/mol. The zero-order chi connectivity index (χ0) is 13.2. The summed E-state index contributed by atoms with van der Waals surface area (Å²) >= 11 is 5.95. The second kappa shape index (κ2) is 5.45. The van der Waals surface area contributed by atoms with Gasteiger partial charge in [0, 0.05) is 29.9 Å². The second-order valence-electron chi connectivity index (χ2n) is 5.12. The van der Waals surface area contributed by atoms with Crippen LogP contribution in [0.15, 0.2) is 18.2 Å². The lowest BCUT2D eigenvalue weighted by Gasteiger charge is -2.28. The molecule has 18 heavy (non-hydrogen) atoms. The molecule has 2 rings (SSSR count). The number of alkyl halides is 1. The number of nitrogens with one attached hydrogen (secondary N) is 1. The Bertz CT molecular complexity index is 420. The first kappa shape index (κ1) is 13.6. The first-order chi connectivity index (χ1) is 8.56. The highest BCUT2D eigenvalue weighted by molar-refractivity contribution is 6.18. The van der Waals surface area contributed by atoms with Crippen LogP contribution in [-0.4, -0.2) is 24.1 Å². The molecule has 2 nitrogen and oxygen atoms in total. The summed E-state index contributed by atoms with van der Waals surface area (Å²) in [6.45, 7) is 4.93. The van der Waals surface area contributed by atoms with Crippen molar-refractivity contribution < 1.29 is 9.13 Å². The molecule has 1 aliphatic heterocycles. The number of fused-ring (bicyclic) bond motifs is 1. The first-order valence-corrected chi connectivity index (χ1v) is 6.86. The Morgan fingerprint density at radius 1 is 1.56 bits per heavy atom. The van der Waals surface area contributed by atoms with E-state index in [2.05, 4.69) is 19.2 Å². The number of rotatable bonds is 5. The third-order valence-corrected chi connectivity index (χ3v) is 4.19. The molecular formula is C14H19ClFNO. The fourth-order valence-corrected chi connectivity index (χ4v) is 2.31. The van der Waals surface area contributed by atoms with Crippen molar-refractivity contribution in [3.05, 3.63) is 29.6 Å². The smallest absolute Gasteiger partial charge is 0.123 e. The second-order valence-corrected chi connectivity index (χ2v) is 5.39. The van der Waals surface area contributed by atoms with Gasteiger partial charge in [-0.3, -0.25) is 0 Å². The molecule has 1 heterocycles. The van der Waals surface area contributed by atoms with E-state index in [9.17, 15) is 4.39 Å². The third kappa shape index (κ3) is 2.96. The largest absolute Gasteiger partial charge is 0.488 e. The van der Waals surface area contributed by atoms with Gasteiger partial charge in [-0.2, -0.15) is 0 Å². The van der Waals surface area contributed by atoms with E-state index in [1.807, 2.05) is 0 Å². The van der Waals surface area contributed by atoms with Gasteiger partial charge in [-0.25, -0.2) is 4.39 Å².